The van der Waals surface area contributed by atoms with Crippen LogP contribution in [-0.2, 0) is 16.1 Å². The van der Waals surface area contributed by atoms with Gasteiger partial charge in [0.1, 0.15) is 11.6 Å². The van der Waals surface area contributed by atoms with Gasteiger partial charge in [-0.1, -0.05) is 60.2 Å². The monoisotopic (exact) mass is 470 g/mol. The standard InChI is InChI=1S/C28H27FN4O2/c1-20-10-16-24(17-11-20)33-26(18-25(32-33)22-6-3-2-4-7-22)31-28(35)9-5-8-27(34)30-19-21-12-14-23(29)15-13-21/h2-4,6-7,10-18H,5,8-9,19H2,1H3,(H,30,34)(H,31,35). The molecule has 0 aliphatic carbocycles. The van der Waals surface area contributed by atoms with E-state index >= 15 is 0 Å². The van der Waals surface area contributed by atoms with E-state index in [1.54, 1.807) is 16.8 Å². The maximum absolute atomic E-state index is 13.0. The molecule has 178 valence electrons. The van der Waals surface area contributed by atoms with Gasteiger partial charge >= 0.3 is 0 Å². The number of benzene rings is 3. The molecule has 6 nitrogen and oxygen atoms in total. The highest BCUT2D eigenvalue weighted by atomic mass is 19.1. The zero-order valence-electron chi connectivity index (χ0n) is 19.5. The molecule has 1 heterocycles. The Bertz CT molecular complexity index is 1280. The summed E-state index contributed by atoms with van der Waals surface area (Å²) >= 11 is 0. The average molecular weight is 471 g/mol. The van der Waals surface area contributed by atoms with Crippen molar-refractivity contribution in [1.82, 2.24) is 15.1 Å². The summed E-state index contributed by atoms with van der Waals surface area (Å²) in [6.07, 6.45) is 0.829. The summed E-state index contributed by atoms with van der Waals surface area (Å²) in [6, 6.07) is 25.5. The van der Waals surface area contributed by atoms with Gasteiger partial charge in [0, 0.05) is 31.0 Å². The third-order valence-electron chi connectivity index (χ3n) is 5.54. The Labute approximate surface area is 203 Å². The fourth-order valence-electron chi connectivity index (χ4n) is 3.61. The van der Waals surface area contributed by atoms with E-state index in [4.69, 9.17) is 5.10 Å². The molecule has 0 bridgehead atoms. The number of carbonyl (C=O) groups is 2. The number of aryl methyl sites for hydroxylation is 1. The molecule has 0 atom stereocenters. The van der Waals surface area contributed by atoms with Crippen molar-refractivity contribution in [2.45, 2.75) is 32.7 Å². The normalized spacial score (nSPS) is 10.7. The smallest absolute Gasteiger partial charge is 0.225 e. The van der Waals surface area contributed by atoms with Gasteiger partial charge in [-0.2, -0.15) is 5.10 Å². The SMILES string of the molecule is Cc1ccc(-n2nc(-c3ccccc3)cc2NC(=O)CCCC(=O)NCc2ccc(F)cc2)cc1. The van der Waals surface area contributed by atoms with Crippen molar-refractivity contribution in [1.29, 1.82) is 0 Å². The Morgan fingerprint density at radius 3 is 2.29 bits per heavy atom. The van der Waals surface area contributed by atoms with Crippen LogP contribution in [-0.4, -0.2) is 21.6 Å². The van der Waals surface area contributed by atoms with Crippen molar-refractivity contribution in [3.8, 4) is 16.9 Å². The summed E-state index contributed by atoms with van der Waals surface area (Å²) in [7, 11) is 0. The highest BCUT2D eigenvalue weighted by molar-refractivity contribution is 5.91. The minimum absolute atomic E-state index is 0.154. The number of hydrogen-bond acceptors (Lipinski definition) is 3. The number of anilines is 1. The van der Waals surface area contributed by atoms with Gasteiger partial charge in [0.15, 0.2) is 0 Å². The molecule has 3 aromatic carbocycles. The lowest BCUT2D eigenvalue weighted by atomic mass is 10.1. The summed E-state index contributed by atoms with van der Waals surface area (Å²) in [4.78, 5) is 24.8. The minimum Gasteiger partial charge on any atom is -0.352 e. The average Bonchev–Trinajstić information content (AvgIpc) is 3.28. The van der Waals surface area contributed by atoms with E-state index in [0.29, 0.717) is 18.8 Å². The van der Waals surface area contributed by atoms with E-state index in [1.807, 2.05) is 67.6 Å². The minimum atomic E-state index is -0.314. The highest BCUT2D eigenvalue weighted by Gasteiger charge is 2.14. The van der Waals surface area contributed by atoms with Crippen LogP contribution in [0.3, 0.4) is 0 Å². The molecule has 0 saturated carbocycles. The van der Waals surface area contributed by atoms with Crippen molar-refractivity contribution in [3.63, 3.8) is 0 Å². The zero-order valence-corrected chi connectivity index (χ0v) is 19.5. The molecule has 0 spiro atoms. The van der Waals surface area contributed by atoms with Crippen LogP contribution in [0, 0.1) is 12.7 Å². The van der Waals surface area contributed by atoms with E-state index in [9.17, 15) is 14.0 Å². The van der Waals surface area contributed by atoms with E-state index in [0.717, 1.165) is 28.1 Å². The lowest BCUT2D eigenvalue weighted by molar-refractivity contribution is -0.121. The molecule has 2 N–H and O–H groups in total. The highest BCUT2D eigenvalue weighted by Crippen LogP contribution is 2.25. The Balaban J connectivity index is 1.36. The first-order chi connectivity index (χ1) is 17.0. The number of nitrogens with zero attached hydrogens (tertiary/aromatic N) is 2. The molecule has 0 aliphatic rings. The summed E-state index contributed by atoms with van der Waals surface area (Å²) in [5.41, 5.74) is 4.49. The first kappa shape index (κ1) is 23.9. The Morgan fingerprint density at radius 1 is 0.886 bits per heavy atom. The van der Waals surface area contributed by atoms with Gasteiger partial charge in [-0.25, -0.2) is 9.07 Å². The predicted octanol–water partition coefficient (Wildman–Crippen LogP) is 5.41. The summed E-state index contributed by atoms with van der Waals surface area (Å²) < 4.78 is 14.7. The first-order valence-corrected chi connectivity index (χ1v) is 11.5. The molecule has 35 heavy (non-hydrogen) atoms. The van der Waals surface area contributed by atoms with Crippen LogP contribution < -0.4 is 10.6 Å². The zero-order chi connectivity index (χ0) is 24.6. The van der Waals surface area contributed by atoms with Crippen molar-refractivity contribution in [3.05, 3.63) is 102 Å². The fourth-order valence-corrected chi connectivity index (χ4v) is 3.61. The number of nitrogens with one attached hydrogen (secondary N) is 2. The van der Waals surface area contributed by atoms with Crippen LogP contribution in [0.25, 0.3) is 16.9 Å². The number of amides is 2. The molecule has 0 saturated heterocycles. The van der Waals surface area contributed by atoms with Gasteiger partial charge in [-0.3, -0.25) is 9.59 Å². The van der Waals surface area contributed by atoms with Crippen LogP contribution in [0.4, 0.5) is 10.2 Å². The van der Waals surface area contributed by atoms with Crippen LogP contribution in [0.1, 0.15) is 30.4 Å². The Hall–Kier alpha value is -4.26. The maximum atomic E-state index is 13.0. The third kappa shape index (κ3) is 6.63. The molecule has 0 aliphatic heterocycles. The molecule has 2 amide bonds. The summed E-state index contributed by atoms with van der Waals surface area (Å²) in [5, 5.41) is 10.5. The van der Waals surface area contributed by atoms with Crippen molar-refractivity contribution in [2.24, 2.45) is 0 Å². The summed E-state index contributed by atoms with van der Waals surface area (Å²) in [5.74, 6) is -0.0911. The number of rotatable bonds is 9. The van der Waals surface area contributed by atoms with E-state index < -0.39 is 0 Å². The predicted molar refractivity (Wildman–Crippen MR) is 134 cm³/mol. The molecule has 1 aromatic heterocycles. The van der Waals surface area contributed by atoms with Crippen LogP contribution in [0.15, 0.2) is 84.9 Å². The van der Waals surface area contributed by atoms with Crippen molar-refractivity contribution in [2.75, 3.05) is 5.32 Å². The second-order valence-electron chi connectivity index (χ2n) is 8.33. The molecular weight excluding hydrogens is 443 g/mol. The van der Waals surface area contributed by atoms with Gasteiger partial charge in [-0.15, -0.1) is 0 Å². The topological polar surface area (TPSA) is 76.0 Å². The molecule has 4 rings (SSSR count). The summed E-state index contributed by atoms with van der Waals surface area (Å²) in [6.45, 7) is 2.34. The van der Waals surface area contributed by atoms with E-state index in [2.05, 4.69) is 10.6 Å². The molecule has 0 radical (unpaired) electrons. The number of carbonyl (C=O) groups excluding carboxylic acids is 2. The number of aromatic nitrogens is 2. The van der Waals surface area contributed by atoms with Gasteiger partial charge in [-0.05, 0) is 43.2 Å². The van der Waals surface area contributed by atoms with Crippen molar-refractivity contribution < 1.29 is 14.0 Å². The van der Waals surface area contributed by atoms with Crippen LogP contribution >= 0.6 is 0 Å². The Kier molecular flexibility index (Phi) is 7.67. The van der Waals surface area contributed by atoms with Crippen molar-refractivity contribution >= 4 is 17.6 Å². The number of halogens is 1. The van der Waals surface area contributed by atoms with Crippen LogP contribution in [0.2, 0.25) is 0 Å². The third-order valence-corrected chi connectivity index (χ3v) is 5.54. The van der Waals surface area contributed by atoms with Gasteiger partial charge in [0.05, 0.1) is 11.4 Å². The van der Waals surface area contributed by atoms with Gasteiger partial charge < -0.3 is 10.6 Å². The van der Waals surface area contributed by atoms with Gasteiger partial charge in [0.2, 0.25) is 11.8 Å². The molecule has 4 aromatic rings. The first-order valence-electron chi connectivity index (χ1n) is 11.5. The molecule has 0 fully saturated rings. The molecular formula is C28H27FN4O2. The maximum Gasteiger partial charge on any atom is 0.225 e. The van der Waals surface area contributed by atoms with Crippen LogP contribution in [0.5, 0.6) is 0 Å². The number of hydrogen-bond donors (Lipinski definition) is 2. The second kappa shape index (κ2) is 11.2. The lowest BCUT2D eigenvalue weighted by Crippen LogP contribution is -2.23. The quantitative estimate of drug-likeness (QED) is 0.343. The molecule has 7 heteroatoms. The Morgan fingerprint density at radius 2 is 1.57 bits per heavy atom. The van der Waals surface area contributed by atoms with E-state index in [-0.39, 0.29) is 30.5 Å². The van der Waals surface area contributed by atoms with E-state index in [1.165, 1.54) is 12.1 Å². The largest absolute Gasteiger partial charge is 0.352 e. The second-order valence-corrected chi connectivity index (χ2v) is 8.33. The fraction of sp³-hybridized carbons (Fsp3) is 0.179. The molecule has 0 unspecified atom stereocenters. The van der Waals surface area contributed by atoms with Gasteiger partial charge in [0.25, 0.3) is 0 Å². The lowest BCUT2D eigenvalue weighted by Gasteiger charge is -2.09.